The molecule has 2 aromatic carbocycles. The van der Waals surface area contributed by atoms with Gasteiger partial charge < -0.3 is 19.5 Å². The van der Waals surface area contributed by atoms with Gasteiger partial charge in [-0.1, -0.05) is 0 Å². The molecule has 1 fully saturated rings. The van der Waals surface area contributed by atoms with E-state index in [1.54, 1.807) is 32.4 Å². The molecule has 1 heterocycles. The Morgan fingerprint density at radius 1 is 1.17 bits per heavy atom. The largest absolute Gasteiger partial charge is 0.497 e. The van der Waals surface area contributed by atoms with Crippen molar-refractivity contribution in [3.05, 3.63) is 53.8 Å². The zero-order chi connectivity index (χ0) is 20.6. The highest BCUT2D eigenvalue weighted by atomic mass is 19.1. The smallest absolute Gasteiger partial charge is 0.257 e. The minimum atomic E-state index is -0.407. The molecular formula is C21H24FN3O4. The second-order valence-corrected chi connectivity index (χ2v) is 6.51. The lowest BCUT2D eigenvalue weighted by molar-refractivity contribution is 0.0975. The summed E-state index contributed by atoms with van der Waals surface area (Å²) in [7, 11) is 3.11. The molecule has 154 valence electrons. The Bertz CT molecular complexity index is 842. The third-order valence-electron chi connectivity index (χ3n) is 4.43. The average Bonchev–Trinajstić information content (AvgIpc) is 3.25. The maximum Gasteiger partial charge on any atom is 0.257 e. The lowest BCUT2D eigenvalue weighted by atomic mass is 10.2. The van der Waals surface area contributed by atoms with Crippen molar-refractivity contribution < 1.29 is 23.4 Å². The van der Waals surface area contributed by atoms with Gasteiger partial charge in [0.15, 0.2) is 0 Å². The molecule has 0 unspecified atom stereocenters. The van der Waals surface area contributed by atoms with Gasteiger partial charge in [-0.3, -0.25) is 10.1 Å². The average molecular weight is 401 g/mol. The van der Waals surface area contributed by atoms with Gasteiger partial charge in [-0.15, -0.1) is 0 Å². The van der Waals surface area contributed by atoms with Gasteiger partial charge in [0.2, 0.25) is 5.96 Å². The number of guanidine groups is 1. The number of anilines is 1. The minimum absolute atomic E-state index is 0.0226. The number of benzene rings is 2. The minimum Gasteiger partial charge on any atom is -0.497 e. The molecule has 0 spiro atoms. The first kappa shape index (κ1) is 20.6. The number of aliphatic imine (C=N–C) groups is 1. The molecule has 2 N–H and O–H groups in total. The third kappa shape index (κ3) is 5.92. The first-order valence-electron chi connectivity index (χ1n) is 9.30. The Hall–Kier alpha value is -3.13. The van der Waals surface area contributed by atoms with E-state index in [-0.39, 0.29) is 12.1 Å². The van der Waals surface area contributed by atoms with E-state index in [0.29, 0.717) is 29.3 Å². The van der Waals surface area contributed by atoms with E-state index >= 15 is 0 Å². The molecule has 1 aliphatic rings. The van der Waals surface area contributed by atoms with Crippen molar-refractivity contribution in [2.45, 2.75) is 18.9 Å². The first-order chi connectivity index (χ1) is 14.1. The van der Waals surface area contributed by atoms with Crippen LogP contribution in [0.25, 0.3) is 0 Å². The molecule has 0 bridgehead atoms. The van der Waals surface area contributed by atoms with Gasteiger partial charge >= 0.3 is 0 Å². The Morgan fingerprint density at radius 2 is 1.86 bits per heavy atom. The number of nitrogens with one attached hydrogen (secondary N) is 2. The highest BCUT2D eigenvalue weighted by molar-refractivity contribution is 6.10. The number of hydrogen-bond acceptors (Lipinski definition) is 5. The normalized spacial score (nSPS) is 16.4. The number of carbonyl (C=O) groups excluding carboxylic acids is 1. The van der Waals surface area contributed by atoms with Crippen molar-refractivity contribution in [2.75, 3.05) is 32.7 Å². The van der Waals surface area contributed by atoms with Gasteiger partial charge in [0.1, 0.15) is 17.3 Å². The van der Waals surface area contributed by atoms with Crippen molar-refractivity contribution >= 4 is 17.6 Å². The molecule has 29 heavy (non-hydrogen) atoms. The van der Waals surface area contributed by atoms with Crippen molar-refractivity contribution in [1.29, 1.82) is 0 Å². The van der Waals surface area contributed by atoms with E-state index in [1.165, 1.54) is 24.3 Å². The molecule has 1 amide bonds. The van der Waals surface area contributed by atoms with E-state index in [1.807, 2.05) is 0 Å². The molecule has 8 heteroatoms. The number of hydrogen-bond donors (Lipinski definition) is 2. The Morgan fingerprint density at radius 3 is 2.45 bits per heavy atom. The summed E-state index contributed by atoms with van der Waals surface area (Å²) in [6.07, 6.45) is 1.95. The molecule has 0 aliphatic carbocycles. The maximum atomic E-state index is 13.1. The fourth-order valence-corrected chi connectivity index (χ4v) is 2.89. The summed E-state index contributed by atoms with van der Waals surface area (Å²) < 4.78 is 29.3. The van der Waals surface area contributed by atoms with E-state index < -0.39 is 11.7 Å². The molecule has 1 saturated heterocycles. The predicted octanol–water partition coefficient (Wildman–Crippen LogP) is 3.22. The van der Waals surface area contributed by atoms with Crippen LogP contribution < -0.4 is 20.1 Å². The number of amides is 1. The van der Waals surface area contributed by atoms with Crippen LogP contribution >= 0.6 is 0 Å². The van der Waals surface area contributed by atoms with Crippen LogP contribution in [-0.2, 0) is 4.74 Å². The second kappa shape index (κ2) is 9.88. The van der Waals surface area contributed by atoms with Crippen LogP contribution in [0.2, 0.25) is 0 Å². The molecule has 0 saturated carbocycles. The van der Waals surface area contributed by atoms with Crippen LogP contribution in [0.15, 0.2) is 47.5 Å². The number of ether oxygens (including phenoxy) is 3. The standard InChI is InChI=1S/C21H24FN3O4/c1-27-18-10-16(11-19(12-18)28-2)24-21(23-13-17-4-3-9-29-17)25-20(26)14-5-7-15(22)8-6-14/h5-8,10-12,17H,3-4,9,13H2,1-2H3,(H2,23,24,25,26)/t17-/m0/s1. The lowest BCUT2D eigenvalue weighted by Gasteiger charge is -2.15. The number of halogens is 1. The highest BCUT2D eigenvalue weighted by Crippen LogP contribution is 2.25. The number of carbonyl (C=O) groups is 1. The molecule has 0 radical (unpaired) electrons. The number of rotatable bonds is 6. The van der Waals surface area contributed by atoms with Crippen LogP contribution in [0.3, 0.4) is 0 Å². The van der Waals surface area contributed by atoms with Gasteiger partial charge in [-0.2, -0.15) is 0 Å². The van der Waals surface area contributed by atoms with Gasteiger partial charge in [-0.25, -0.2) is 9.38 Å². The topological polar surface area (TPSA) is 81.2 Å². The van der Waals surface area contributed by atoms with Crippen LogP contribution in [0.5, 0.6) is 11.5 Å². The van der Waals surface area contributed by atoms with Crippen molar-refractivity contribution in [1.82, 2.24) is 5.32 Å². The summed E-state index contributed by atoms with van der Waals surface area (Å²) in [5, 5.41) is 5.83. The second-order valence-electron chi connectivity index (χ2n) is 6.51. The van der Waals surface area contributed by atoms with Crippen molar-refractivity contribution in [2.24, 2.45) is 4.99 Å². The van der Waals surface area contributed by atoms with Gasteiger partial charge in [0, 0.05) is 36.1 Å². The molecule has 1 atom stereocenters. The summed E-state index contributed by atoms with van der Waals surface area (Å²) in [5.74, 6) is 0.629. The third-order valence-corrected chi connectivity index (χ3v) is 4.43. The predicted molar refractivity (Wildman–Crippen MR) is 108 cm³/mol. The zero-order valence-electron chi connectivity index (χ0n) is 16.4. The Kier molecular flexibility index (Phi) is 7.02. The van der Waals surface area contributed by atoms with Crippen LogP contribution in [0.4, 0.5) is 10.1 Å². The summed E-state index contributed by atoms with van der Waals surface area (Å²) in [5.41, 5.74) is 0.952. The van der Waals surface area contributed by atoms with E-state index in [9.17, 15) is 9.18 Å². The SMILES string of the molecule is COc1cc(NC(=NC[C@@H]2CCCO2)NC(=O)c2ccc(F)cc2)cc(OC)c1. The molecule has 3 rings (SSSR count). The Balaban J connectivity index is 1.79. The van der Waals surface area contributed by atoms with Crippen LogP contribution in [0.1, 0.15) is 23.2 Å². The fraction of sp³-hybridized carbons (Fsp3) is 0.333. The number of nitrogens with zero attached hydrogens (tertiary/aromatic N) is 1. The summed E-state index contributed by atoms with van der Waals surface area (Å²) in [4.78, 5) is 17.1. The van der Waals surface area contributed by atoms with Crippen LogP contribution in [0, 0.1) is 5.82 Å². The molecular weight excluding hydrogens is 377 g/mol. The van der Waals surface area contributed by atoms with E-state index in [0.717, 1.165) is 19.4 Å². The Labute approximate surface area is 168 Å². The summed E-state index contributed by atoms with van der Waals surface area (Å²) >= 11 is 0. The van der Waals surface area contributed by atoms with Gasteiger partial charge in [0.05, 0.1) is 26.9 Å². The van der Waals surface area contributed by atoms with E-state index in [4.69, 9.17) is 14.2 Å². The lowest BCUT2D eigenvalue weighted by Crippen LogP contribution is -2.36. The van der Waals surface area contributed by atoms with Gasteiger partial charge in [0.25, 0.3) is 5.91 Å². The molecule has 1 aliphatic heterocycles. The molecule has 7 nitrogen and oxygen atoms in total. The van der Waals surface area contributed by atoms with Crippen molar-refractivity contribution in [3.8, 4) is 11.5 Å². The van der Waals surface area contributed by atoms with Crippen molar-refractivity contribution in [3.63, 3.8) is 0 Å². The molecule has 2 aromatic rings. The zero-order valence-corrected chi connectivity index (χ0v) is 16.4. The van der Waals surface area contributed by atoms with Crippen LogP contribution in [-0.4, -0.2) is 45.3 Å². The van der Waals surface area contributed by atoms with E-state index in [2.05, 4.69) is 15.6 Å². The van der Waals surface area contributed by atoms with Gasteiger partial charge in [-0.05, 0) is 37.1 Å². The number of methoxy groups -OCH3 is 2. The summed E-state index contributed by atoms with van der Waals surface area (Å²) in [6, 6.07) is 10.6. The first-order valence-corrected chi connectivity index (χ1v) is 9.30. The monoisotopic (exact) mass is 401 g/mol. The summed E-state index contributed by atoms with van der Waals surface area (Å²) in [6.45, 7) is 1.13. The molecule has 0 aromatic heterocycles. The highest BCUT2D eigenvalue weighted by Gasteiger charge is 2.16. The fourth-order valence-electron chi connectivity index (χ4n) is 2.89. The maximum absolute atomic E-state index is 13.1. The quantitative estimate of drug-likeness (QED) is 0.574.